The first-order valence-electron chi connectivity index (χ1n) is 6.96. The molecule has 0 aromatic rings. The molecule has 2 aliphatic rings. The number of piperidine rings is 1. The number of rotatable bonds is 4. The molecule has 2 heterocycles. The molecule has 13 heteroatoms. The molecule has 2 rings (SSSR count). The van der Waals surface area contributed by atoms with Gasteiger partial charge in [0.05, 0.1) is 6.04 Å². The van der Waals surface area contributed by atoms with E-state index in [2.05, 4.69) is 15.1 Å². The molecule has 0 spiro atoms. The third-order valence-electron chi connectivity index (χ3n) is 3.63. The molecule has 2 fully saturated rings. The maximum Gasteiger partial charge on any atom is 0.418 e. The van der Waals surface area contributed by atoms with E-state index in [1.54, 1.807) is 13.8 Å². The number of hydrazine groups is 1. The van der Waals surface area contributed by atoms with Gasteiger partial charge in [0, 0.05) is 42.0 Å². The van der Waals surface area contributed by atoms with Gasteiger partial charge in [-0.3, -0.25) is 25.0 Å². The molecular weight excluding hydrogens is 355 g/mol. The molecule has 2 bridgehead atoms. The summed E-state index contributed by atoms with van der Waals surface area (Å²) >= 11 is 0. The van der Waals surface area contributed by atoms with E-state index in [0.29, 0.717) is 11.5 Å². The molecule has 24 heavy (non-hydrogen) atoms. The molecule has 0 aromatic heterocycles. The van der Waals surface area contributed by atoms with Crippen LogP contribution in [0.1, 0.15) is 26.7 Å². The average Bonchev–Trinajstić information content (AvgIpc) is 2.68. The van der Waals surface area contributed by atoms with Gasteiger partial charge in [-0.05, 0) is 12.8 Å². The summed E-state index contributed by atoms with van der Waals surface area (Å²) < 4.78 is 34.5. The van der Waals surface area contributed by atoms with Gasteiger partial charge in [-0.15, -0.1) is 4.28 Å². The molecule has 3 N–H and O–H groups in total. The van der Waals surface area contributed by atoms with Crippen LogP contribution in [0.3, 0.4) is 0 Å². The minimum absolute atomic E-state index is 0. The van der Waals surface area contributed by atoms with Crippen molar-refractivity contribution in [2.24, 2.45) is 5.92 Å². The summed E-state index contributed by atoms with van der Waals surface area (Å²) in [7, 11) is -4.83. The van der Waals surface area contributed by atoms with Gasteiger partial charge >= 0.3 is 16.4 Å². The SMILES string of the molecule is CC(C)C(=O)NNC(=O)[C@@H]1CC[C@@H]2CN1C(=O)N2OS(=O)(=O)O.[Na]. The van der Waals surface area contributed by atoms with Gasteiger partial charge < -0.3 is 4.90 Å². The van der Waals surface area contributed by atoms with Crippen molar-refractivity contribution in [3.8, 4) is 0 Å². The predicted octanol–water partition coefficient (Wildman–Crippen LogP) is -1.59. The Labute approximate surface area is 161 Å². The molecule has 131 valence electrons. The third kappa shape index (κ3) is 4.80. The summed E-state index contributed by atoms with van der Waals surface area (Å²) in [6.45, 7) is 3.40. The minimum atomic E-state index is -4.83. The van der Waals surface area contributed by atoms with Gasteiger partial charge in [-0.2, -0.15) is 13.5 Å². The molecular formula is C11H18N4NaO7S. The topological polar surface area (TPSA) is 145 Å². The first-order valence-corrected chi connectivity index (χ1v) is 8.33. The summed E-state index contributed by atoms with van der Waals surface area (Å²) in [5.74, 6) is -1.28. The molecule has 2 atom stereocenters. The number of hydroxylamine groups is 2. The van der Waals surface area contributed by atoms with Gasteiger partial charge in [-0.1, -0.05) is 13.8 Å². The van der Waals surface area contributed by atoms with Crippen LogP contribution in [0.25, 0.3) is 0 Å². The van der Waals surface area contributed by atoms with Gasteiger partial charge in [0.15, 0.2) is 0 Å². The quantitative estimate of drug-likeness (QED) is 0.306. The second-order valence-corrected chi connectivity index (χ2v) is 6.65. The largest absolute Gasteiger partial charge is 0.418 e. The molecule has 0 aromatic carbocycles. The maximum absolute atomic E-state index is 12.1. The van der Waals surface area contributed by atoms with E-state index in [1.165, 1.54) is 0 Å². The van der Waals surface area contributed by atoms with Gasteiger partial charge in [0.25, 0.3) is 5.91 Å². The van der Waals surface area contributed by atoms with Crippen molar-refractivity contribution in [3.05, 3.63) is 0 Å². The number of fused-ring (bicyclic) bond motifs is 2. The van der Waals surface area contributed by atoms with Crippen LogP contribution in [0.15, 0.2) is 0 Å². The number of amides is 4. The molecule has 2 aliphatic heterocycles. The van der Waals surface area contributed by atoms with E-state index < -0.39 is 34.4 Å². The Hall–Kier alpha value is -0.920. The number of urea groups is 1. The Morgan fingerprint density at radius 2 is 1.92 bits per heavy atom. The Morgan fingerprint density at radius 1 is 1.29 bits per heavy atom. The van der Waals surface area contributed by atoms with Crippen molar-refractivity contribution < 1.29 is 31.6 Å². The van der Waals surface area contributed by atoms with Crippen LogP contribution in [0.2, 0.25) is 0 Å². The molecule has 11 nitrogen and oxygen atoms in total. The fourth-order valence-electron chi connectivity index (χ4n) is 2.45. The normalized spacial score (nSPS) is 23.1. The van der Waals surface area contributed by atoms with E-state index >= 15 is 0 Å². The number of nitrogens with one attached hydrogen (secondary N) is 2. The monoisotopic (exact) mass is 373 g/mol. The van der Waals surface area contributed by atoms with Crippen molar-refractivity contribution in [1.82, 2.24) is 20.8 Å². The summed E-state index contributed by atoms with van der Waals surface area (Å²) in [5, 5.41) is 0.551. The second kappa shape index (κ2) is 7.97. The zero-order chi connectivity index (χ0) is 17.4. The number of carbonyl (C=O) groups is 3. The van der Waals surface area contributed by atoms with Crippen LogP contribution < -0.4 is 10.9 Å². The number of hydrogen-bond acceptors (Lipinski definition) is 6. The number of hydrogen-bond donors (Lipinski definition) is 3. The smallest absolute Gasteiger partial charge is 0.309 e. The Balaban J connectivity index is 0.00000288. The van der Waals surface area contributed by atoms with Crippen LogP contribution in [0.5, 0.6) is 0 Å². The van der Waals surface area contributed by atoms with E-state index in [1.807, 2.05) is 0 Å². The van der Waals surface area contributed by atoms with Crippen LogP contribution in [-0.4, -0.2) is 89.0 Å². The van der Waals surface area contributed by atoms with E-state index in [4.69, 9.17) is 4.55 Å². The Bertz CT molecular complexity index is 626. The van der Waals surface area contributed by atoms with Gasteiger partial charge in [0.1, 0.15) is 6.04 Å². The second-order valence-electron chi connectivity index (χ2n) is 5.64. The van der Waals surface area contributed by atoms with Crippen LogP contribution in [0, 0.1) is 5.92 Å². The molecule has 1 radical (unpaired) electrons. The van der Waals surface area contributed by atoms with Crippen molar-refractivity contribution in [1.29, 1.82) is 0 Å². The number of nitrogens with zero attached hydrogens (tertiary/aromatic N) is 2. The van der Waals surface area contributed by atoms with Crippen molar-refractivity contribution in [2.45, 2.75) is 38.8 Å². The average molecular weight is 373 g/mol. The molecule has 0 aliphatic carbocycles. The first kappa shape index (κ1) is 21.1. The third-order valence-corrected chi connectivity index (χ3v) is 3.98. The molecule has 2 saturated heterocycles. The van der Waals surface area contributed by atoms with Gasteiger partial charge in [0.2, 0.25) is 5.91 Å². The molecule has 0 unspecified atom stereocenters. The Morgan fingerprint density at radius 3 is 2.46 bits per heavy atom. The summed E-state index contributed by atoms with van der Waals surface area (Å²) in [6, 6.07) is -2.26. The number of carbonyl (C=O) groups excluding carboxylic acids is 3. The van der Waals surface area contributed by atoms with Crippen molar-refractivity contribution in [2.75, 3.05) is 6.54 Å². The zero-order valence-electron chi connectivity index (χ0n) is 13.6. The van der Waals surface area contributed by atoms with Crippen LogP contribution >= 0.6 is 0 Å². The van der Waals surface area contributed by atoms with E-state index in [-0.39, 0.29) is 54.3 Å². The zero-order valence-corrected chi connectivity index (χ0v) is 16.4. The summed E-state index contributed by atoms with van der Waals surface area (Å²) in [6.07, 6.45) is 0.582. The van der Waals surface area contributed by atoms with E-state index in [0.717, 1.165) is 4.90 Å². The van der Waals surface area contributed by atoms with Crippen LogP contribution in [0.4, 0.5) is 4.79 Å². The van der Waals surface area contributed by atoms with E-state index in [9.17, 15) is 22.8 Å². The summed E-state index contributed by atoms with van der Waals surface area (Å²) in [4.78, 5) is 36.8. The van der Waals surface area contributed by atoms with Gasteiger partial charge in [-0.25, -0.2) is 4.79 Å². The van der Waals surface area contributed by atoms with Crippen molar-refractivity contribution in [3.63, 3.8) is 0 Å². The fraction of sp³-hybridized carbons (Fsp3) is 0.727. The van der Waals surface area contributed by atoms with Crippen LogP contribution in [-0.2, 0) is 24.3 Å². The van der Waals surface area contributed by atoms with Crippen molar-refractivity contribution >= 4 is 57.8 Å². The predicted molar refractivity (Wildman–Crippen MR) is 80.3 cm³/mol. The molecule has 0 saturated carbocycles. The fourth-order valence-corrected chi connectivity index (χ4v) is 2.84. The Kier molecular flexibility index (Phi) is 7.02. The minimum Gasteiger partial charge on any atom is -0.309 e. The maximum atomic E-state index is 12.1. The molecule has 4 amide bonds. The first-order chi connectivity index (χ1) is 10.6. The standard InChI is InChI=1S/C11H18N4O7S.Na/c1-6(2)9(16)12-13-10(17)8-4-3-7-5-14(8)11(18)15(7)22-23(19,20)21;/h6-8H,3-5H2,1-2H3,(H,12,16)(H,13,17)(H,19,20,21);/t7-,8+;/m1./s1. The summed E-state index contributed by atoms with van der Waals surface area (Å²) in [5.41, 5.74) is 4.49.